The van der Waals surface area contributed by atoms with E-state index in [0.29, 0.717) is 18.1 Å². The Morgan fingerprint density at radius 3 is 2.88 bits per heavy atom. The van der Waals surface area contributed by atoms with E-state index in [4.69, 9.17) is 21.4 Å². The molecule has 1 aromatic rings. The van der Waals surface area contributed by atoms with Crippen LogP contribution in [0, 0.1) is 0 Å². The van der Waals surface area contributed by atoms with Gasteiger partial charge in [-0.05, 0) is 31.1 Å². The summed E-state index contributed by atoms with van der Waals surface area (Å²) in [5.41, 5.74) is 0.580. The second kappa shape index (κ2) is 4.53. The van der Waals surface area contributed by atoms with Crippen molar-refractivity contribution in [1.29, 1.82) is 0 Å². The van der Waals surface area contributed by atoms with Crippen LogP contribution in [0.3, 0.4) is 0 Å². The van der Waals surface area contributed by atoms with Gasteiger partial charge in [-0.3, -0.25) is 0 Å². The Morgan fingerprint density at radius 1 is 1.50 bits per heavy atom. The molecule has 0 radical (unpaired) electrons. The predicted octanol–water partition coefficient (Wildman–Crippen LogP) is 2.58. The fourth-order valence-corrected chi connectivity index (χ4v) is 1.70. The lowest BCUT2D eigenvalue weighted by Gasteiger charge is -2.14. The number of carboxylic acids is 1. The molecule has 16 heavy (non-hydrogen) atoms. The highest BCUT2D eigenvalue weighted by Crippen LogP contribution is 2.22. The molecule has 0 fully saturated rings. The predicted molar refractivity (Wildman–Crippen MR) is 59.4 cm³/mol. The van der Waals surface area contributed by atoms with Crippen molar-refractivity contribution in [3.05, 3.63) is 34.6 Å². The Kier molecular flexibility index (Phi) is 3.10. The van der Waals surface area contributed by atoms with Crippen LogP contribution in [-0.2, 0) is 4.74 Å². The smallest absolute Gasteiger partial charge is 0.338 e. The summed E-state index contributed by atoms with van der Waals surface area (Å²) in [7, 11) is 0. The molecule has 2 heterocycles. The number of ether oxygens (including phenoxy) is 1. The van der Waals surface area contributed by atoms with Crippen LogP contribution in [0.25, 0.3) is 5.76 Å². The molecule has 84 valence electrons. The van der Waals surface area contributed by atoms with Crippen LogP contribution in [0.5, 0.6) is 0 Å². The number of nitrogens with zero attached hydrogens (tertiary/aromatic N) is 1. The number of hydrogen-bond donors (Lipinski definition) is 1. The normalized spacial score (nSPS) is 15.2. The maximum atomic E-state index is 10.7. The highest BCUT2D eigenvalue weighted by atomic mass is 35.5. The Hall–Kier alpha value is -1.55. The third-order valence-corrected chi connectivity index (χ3v) is 2.56. The van der Waals surface area contributed by atoms with Gasteiger partial charge in [-0.15, -0.1) is 0 Å². The third-order valence-electron chi connectivity index (χ3n) is 2.27. The SMILES string of the molecule is O=C(O)c1ccc(C2=CCCCO2)nc1Cl. The summed E-state index contributed by atoms with van der Waals surface area (Å²) >= 11 is 5.77. The zero-order valence-electron chi connectivity index (χ0n) is 8.44. The molecule has 1 aliphatic rings. The van der Waals surface area contributed by atoms with Crippen molar-refractivity contribution in [2.45, 2.75) is 12.8 Å². The quantitative estimate of drug-likeness (QED) is 0.806. The minimum Gasteiger partial charge on any atom is -0.492 e. The number of aromatic nitrogens is 1. The third kappa shape index (κ3) is 2.17. The van der Waals surface area contributed by atoms with Crippen molar-refractivity contribution in [3.63, 3.8) is 0 Å². The standard InChI is InChI=1S/C11H10ClNO3/c12-10-7(11(14)15)4-5-8(13-10)9-3-1-2-6-16-9/h3-5H,1-2,6H2,(H,14,15). The van der Waals surface area contributed by atoms with E-state index in [-0.39, 0.29) is 10.7 Å². The first-order valence-corrected chi connectivity index (χ1v) is 5.29. The average Bonchev–Trinajstić information content (AvgIpc) is 2.29. The van der Waals surface area contributed by atoms with E-state index < -0.39 is 5.97 Å². The summed E-state index contributed by atoms with van der Waals surface area (Å²) in [6, 6.07) is 3.04. The van der Waals surface area contributed by atoms with E-state index in [9.17, 15) is 4.79 Å². The first kappa shape index (κ1) is 11.0. The summed E-state index contributed by atoms with van der Waals surface area (Å²) in [5.74, 6) is -0.410. The number of rotatable bonds is 2. The van der Waals surface area contributed by atoms with Gasteiger partial charge in [-0.1, -0.05) is 11.6 Å². The first-order chi connectivity index (χ1) is 7.68. The van der Waals surface area contributed by atoms with Gasteiger partial charge in [0.25, 0.3) is 0 Å². The van der Waals surface area contributed by atoms with Gasteiger partial charge in [0.15, 0.2) is 0 Å². The van der Waals surface area contributed by atoms with Crippen molar-refractivity contribution < 1.29 is 14.6 Å². The van der Waals surface area contributed by atoms with E-state index >= 15 is 0 Å². The number of allylic oxidation sites excluding steroid dienone is 1. The Morgan fingerprint density at radius 2 is 2.31 bits per heavy atom. The summed E-state index contributed by atoms with van der Waals surface area (Å²) in [6.07, 6.45) is 3.86. The molecule has 0 unspecified atom stereocenters. The number of hydrogen-bond acceptors (Lipinski definition) is 3. The van der Waals surface area contributed by atoms with Gasteiger partial charge in [0.05, 0.1) is 12.2 Å². The Labute approximate surface area is 97.5 Å². The summed E-state index contributed by atoms with van der Waals surface area (Å²) < 4.78 is 5.41. The lowest BCUT2D eigenvalue weighted by molar-refractivity contribution is 0.0696. The van der Waals surface area contributed by atoms with Gasteiger partial charge in [0.2, 0.25) is 0 Å². The van der Waals surface area contributed by atoms with Gasteiger partial charge in [-0.2, -0.15) is 0 Å². The summed E-state index contributed by atoms with van der Waals surface area (Å²) in [5, 5.41) is 8.78. The van der Waals surface area contributed by atoms with Crippen molar-refractivity contribution >= 4 is 23.3 Å². The molecule has 0 aliphatic carbocycles. The molecule has 2 rings (SSSR count). The van der Waals surface area contributed by atoms with Gasteiger partial charge < -0.3 is 9.84 Å². The van der Waals surface area contributed by atoms with Gasteiger partial charge in [-0.25, -0.2) is 9.78 Å². The number of carbonyl (C=O) groups is 1. The first-order valence-electron chi connectivity index (χ1n) is 4.91. The molecule has 0 amide bonds. The zero-order valence-corrected chi connectivity index (χ0v) is 9.20. The largest absolute Gasteiger partial charge is 0.492 e. The fourth-order valence-electron chi connectivity index (χ4n) is 1.47. The molecule has 0 bridgehead atoms. The second-order valence-electron chi connectivity index (χ2n) is 3.40. The molecule has 4 nitrogen and oxygen atoms in total. The molecular formula is C11H10ClNO3. The fraction of sp³-hybridized carbons (Fsp3) is 0.273. The van der Waals surface area contributed by atoms with E-state index in [1.807, 2.05) is 6.08 Å². The molecule has 0 atom stereocenters. The highest BCUT2D eigenvalue weighted by molar-refractivity contribution is 6.32. The molecule has 0 aromatic carbocycles. The minimum atomic E-state index is -1.08. The number of aromatic carboxylic acids is 1. The maximum Gasteiger partial charge on any atom is 0.338 e. The van der Waals surface area contributed by atoms with Crippen LogP contribution >= 0.6 is 11.6 Å². The maximum absolute atomic E-state index is 10.7. The molecule has 1 aromatic heterocycles. The molecule has 0 saturated carbocycles. The van der Waals surface area contributed by atoms with Crippen LogP contribution in [0.1, 0.15) is 28.9 Å². The topological polar surface area (TPSA) is 59.4 Å². The Bertz CT molecular complexity index is 457. The number of halogens is 1. The summed E-state index contributed by atoms with van der Waals surface area (Å²) in [6.45, 7) is 0.659. The van der Waals surface area contributed by atoms with Gasteiger partial charge in [0.1, 0.15) is 16.6 Å². The summed E-state index contributed by atoms with van der Waals surface area (Å²) in [4.78, 5) is 14.7. The second-order valence-corrected chi connectivity index (χ2v) is 3.76. The lowest BCUT2D eigenvalue weighted by Crippen LogP contribution is -2.05. The van der Waals surface area contributed by atoms with Crippen molar-refractivity contribution in [2.24, 2.45) is 0 Å². The molecule has 0 saturated heterocycles. The Balaban J connectivity index is 2.33. The van der Waals surface area contributed by atoms with Crippen LogP contribution in [0.15, 0.2) is 18.2 Å². The van der Waals surface area contributed by atoms with E-state index in [2.05, 4.69) is 4.98 Å². The van der Waals surface area contributed by atoms with Gasteiger partial charge >= 0.3 is 5.97 Å². The average molecular weight is 240 g/mol. The molecule has 5 heteroatoms. The van der Waals surface area contributed by atoms with Crippen molar-refractivity contribution in [2.75, 3.05) is 6.61 Å². The van der Waals surface area contributed by atoms with Crippen LogP contribution in [0.4, 0.5) is 0 Å². The number of carboxylic acid groups (broad SMARTS) is 1. The minimum absolute atomic E-state index is 0.00169. The van der Waals surface area contributed by atoms with Crippen LogP contribution in [-0.4, -0.2) is 22.7 Å². The monoisotopic (exact) mass is 239 g/mol. The van der Waals surface area contributed by atoms with E-state index in [1.54, 1.807) is 6.07 Å². The zero-order chi connectivity index (χ0) is 11.5. The molecular weight excluding hydrogens is 230 g/mol. The van der Waals surface area contributed by atoms with Gasteiger partial charge in [0, 0.05) is 0 Å². The lowest BCUT2D eigenvalue weighted by atomic mass is 10.2. The molecule has 0 spiro atoms. The highest BCUT2D eigenvalue weighted by Gasteiger charge is 2.14. The number of pyridine rings is 1. The van der Waals surface area contributed by atoms with Crippen molar-refractivity contribution in [1.82, 2.24) is 4.98 Å². The van der Waals surface area contributed by atoms with E-state index in [1.165, 1.54) is 6.07 Å². The van der Waals surface area contributed by atoms with Crippen LogP contribution < -0.4 is 0 Å². The van der Waals surface area contributed by atoms with E-state index in [0.717, 1.165) is 12.8 Å². The molecule has 1 aliphatic heterocycles. The van der Waals surface area contributed by atoms with Crippen molar-refractivity contribution in [3.8, 4) is 0 Å². The molecule has 1 N–H and O–H groups in total. The van der Waals surface area contributed by atoms with Crippen LogP contribution in [0.2, 0.25) is 5.15 Å².